The lowest BCUT2D eigenvalue weighted by molar-refractivity contribution is 0.0494. The normalized spacial score (nSPS) is 14.9. The van der Waals surface area contributed by atoms with Gasteiger partial charge in [-0.2, -0.15) is 0 Å². The number of amides is 2. The fourth-order valence-electron chi connectivity index (χ4n) is 2.60. The fraction of sp³-hybridized carbons (Fsp3) is 0.438. The van der Waals surface area contributed by atoms with E-state index in [0.29, 0.717) is 44.2 Å². The molecule has 0 radical (unpaired) electrons. The maximum absolute atomic E-state index is 12.4. The molecular formula is C16H19N3O5. The molecule has 1 aliphatic rings. The molecule has 3 heterocycles. The van der Waals surface area contributed by atoms with Crippen LogP contribution in [0.4, 0.5) is 0 Å². The molecule has 0 bridgehead atoms. The van der Waals surface area contributed by atoms with Crippen LogP contribution < -0.4 is 0 Å². The largest absolute Gasteiger partial charge is 0.453 e. The van der Waals surface area contributed by atoms with E-state index in [1.165, 1.54) is 0 Å². The summed E-state index contributed by atoms with van der Waals surface area (Å²) in [7, 11) is 1.57. The van der Waals surface area contributed by atoms with Gasteiger partial charge < -0.3 is 23.5 Å². The zero-order valence-electron chi connectivity index (χ0n) is 13.7. The lowest BCUT2D eigenvalue weighted by Gasteiger charge is -2.33. The maximum Gasteiger partial charge on any atom is 0.292 e. The first-order chi connectivity index (χ1) is 11.6. The molecule has 0 atom stereocenters. The molecule has 0 saturated carbocycles. The van der Waals surface area contributed by atoms with Crippen LogP contribution in [0.2, 0.25) is 0 Å². The van der Waals surface area contributed by atoms with Crippen molar-refractivity contribution in [2.75, 3.05) is 33.3 Å². The van der Waals surface area contributed by atoms with E-state index in [2.05, 4.69) is 5.16 Å². The van der Waals surface area contributed by atoms with Gasteiger partial charge >= 0.3 is 0 Å². The lowest BCUT2D eigenvalue weighted by atomic mass is 10.2. The molecule has 0 aromatic carbocycles. The van der Waals surface area contributed by atoms with E-state index in [9.17, 15) is 9.59 Å². The molecule has 2 aromatic heterocycles. The summed E-state index contributed by atoms with van der Waals surface area (Å²) in [5.41, 5.74) is 0.664. The number of hydrogen-bond acceptors (Lipinski definition) is 6. The number of furan rings is 1. The highest BCUT2D eigenvalue weighted by Crippen LogP contribution is 2.15. The van der Waals surface area contributed by atoms with Gasteiger partial charge in [0.1, 0.15) is 12.4 Å². The van der Waals surface area contributed by atoms with Crippen molar-refractivity contribution in [3.8, 4) is 0 Å². The van der Waals surface area contributed by atoms with E-state index in [4.69, 9.17) is 13.7 Å². The van der Waals surface area contributed by atoms with Crippen LogP contribution in [-0.2, 0) is 11.3 Å². The van der Waals surface area contributed by atoms with Crippen LogP contribution in [0.3, 0.4) is 0 Å². The molecule has 8 nitrogen and oxygen atoms in total. The number of piperazine rings is 1. The van der Waals surface area contributed by atoms with Crippen LogP contribution in [0.15, 0.2) is 27.1 Å². The average Bonchev–Trinajstić information content (AvgIpc) is 3.23. The molecule has 128 valence electrons. The van der Waals surface area contributed by atoms with E-state index in [0.717, 1.165) is 0 Å². The third kappa shape index (κ3) is 3.33. The summed E-state index contributed by atoms with van der Waals surface area (Å²) >= 11 is 0. The number of hydrogen-bond donors (Lipinski definition) is 0. The van der Waals surface area contributed by atoms with E-state index in [1.54, 1.807) is 42.0 Å². The second-order valence-electron chi connectivity index (χ2n) is 5.62. The van der Waals surface area contributed by atoms with Crippen molar-refractivity contribution in [2.24, 2.45) is 0 Å². The topological polar surface area (TPSA) is 89.0 Å². The number of methoxy groups -OCH3 is 1. The summed E-state index contributed by atoms with van der Waals surface area (Å²) in [5.74, 6) is 0.730. The molecule has 2 amide bonds. The Morgan fingerprint density at radius 1 is 1.12 bits per heavy atom. The Balaban J connectivity index is 1.58. The van der Waals surface area contributed by atoms with Crippen molar-refractivity contribution in [2.45, 2.75) is 13.5 Å². The zero-order chi connectivity index (χ0) is 17.1. The molecule has 1 saturated heterocycles. The monoisotopic (exact) mass is 333 g/mol. The highest BCUT2D eigenvalue weighted by atomic mass is 16.5. The number of carbonyl (C=O) groups excluding carboxylic acids is 2. The Labute approximate surface area is 138 Å². The molecule has 1 fully saturated rings. The predicted octanol–water partition coefficient (Wildman–Crippen LogP) is 1.32. The minimum absolute atomic E-state index is 0.181. The summed E-state index contributed by atoms with van der Waals surface area (Å²) in [6.07, 6.45) is 0. The van der Waals surface area contributed by atoms with Crippen molar-refractivity contribution in [3.05, 3.63) is 41.2 Å². The molecule has 0 N–H and O–H groups in total. The molecule has 24 heavy (non-hydrogen) atoms. The van der Waals surface area contributed by atoms with Crippen molar-refractivity contribution in [3.63, 3.8) is 0 Å². The van der Waals surface area contributed by atoms with Gasteiger partial charge in [-0.15, -0.1) is 0 Å². The summed E-state index contributed by atoms with van der Waals surface area (Å²) in [5, 5.41) is 3.72. The van der Waals surface area contributed by atoms with Crippen molar-refractivity contribution < 1.29 is 23.3 Å². The molecule has 0 unspecified atom stereocenters. The van der Waals surface area contributed by atoms with Gasteiger partial charge in [-0.1, -0.05) is 5.16 Å². The predicted molar refractivity (Wildman–Crippen MR) is 82.5 cm³/mol. The number of aromatic nitrogens is 1. The minimum atomic E-state index is -0.205. The summed E-state index contributed by atoms with van der Waals surface area (Å²) in [6.45, 7) is 3.85. The Morgan fingerprint density at radius 2 is 1.75 bits per heavy atom. The smallest absolute Gasteiger partial charge is 0.292 e. The maximum atomic E-state index is 12.4. The zero-order valence-corrected chi connectivity index (χ0v) is 13.7. The summed E-state index contributed by atoms with van der Waals surface area (Å²) in [6, 6.07) is 4.98. The van der Waals surface area contributed by atoms with Gasteiger partial charge in [-0.3, -0.25) is 9.59 Å². The average molecular weight is 333 g/mol. The first-order valence-electron chi connectivity index (χ1n) is 7.68. The SMILES string of the molecule is COCc1ccc(C(=O)N2CCN(C(=O)c3cc(C)no3)CC2)o1. The molecule has 0 spiro atoms. The molecule has 8 heteroatoms. The number of nitrogens with zero attached hydrogens (tertiary/aromatic N) is 3. The Morgan fingerprint density at radius 3 is 2.29 bits per heavy atom. The number of aryl methyl sites for hydroxylation is 1. The molecular weight excluding hydrogens is 314 g/mol. The van der Waals surface area contributed by atoms with Gasteiger partial charge in [0.25, 0.3) is 11.8 Å². The van der Waals surface area contributed by atoms with Crippen LogP contribution in [0.25, 0.3) is 0 Å². The first-order valence-corrected chi connectivity index (χ1v) is 7.68. The third-order valence-electron chi connectivity index (χ3n) is 3.85. The van der Waals surface area contributed by atoms with E-state index in [-0.39, 0.29) is 23.3 Å². The summed E-state index contributed by atoms with van der Waals surface area (Å²) in [4.78, 5) is 28.0. The van der Waals surface area contributed by atoms with Crippen molar-refractivity contribution in [1.82, 2.24) is 15.0 Å². The van der Waals surface area contributed by atoms with E-state index in [1.807, 2.05) is 0 Å². The van der Waals surface area contributed by atoms with Gasteiger partial charge in [-0.05, 0) is 19.1 Å². The minimum Gasteiger partial charge on any atom is -0.453 e. The molecule has 2 aromatic rings. The van der Waals surface area contributed by atoms with Crippen LogP contribution in [-0.4, -0.2) is 60.1 Å². The Kier molecular flexibility index (Phi) is 4.66. The Hall–Kier alpha value is -2.61. The van der Waals surface area contributed by atoms with Crippen LogP contribution in [0.1, 0.15) is 32.6 Å². The lowest BCUT2D eigenvalue weighted by Crippen LogP contribution is -2.50. The van der Waals surface area contributed by atoms with Crippen LogP contribution in [0.5, 0.6) is 0 Å². The summed E-state index contributed by atoms with van der Waals surface area (Å²) < 4.78 is 15.4. The second kappa shape index (κ2) is 6.88. The van der Waals surface area contributed by atoms with Crippen LogP contribution >= 0.6 is 0 Å². The quantitative estimate of drug-likeness (QED) is 0.838. The molecule has 0 aliphatic carbocycles. The highest BCUT2D eigenvalue weighted by Gasteiger charge is 2.28. The second-order valence-corrected chi connectivity index (χ2v) is 5.62. The first kappa shape index (κ1) is 16.3. The fourth-order valence-corrected chi connectivity index (χ4v) is 2.60. The Bertz CT molecular complexity index is 728. The number of carbonyl (C=O) groups is 2. The number of ether oxygens (including phenoxy) is 1. The van der Waals surface area contributed by atoms with Crippen molar-refractivity contribution in [1.29, 1.82) is 0 Å². The van der Waals surface area contributed by atoms with Gasteiger partial charge in [0.05, 0.1) is 5.69 Å². The number of rotatable bonds is 4. The highest BCUT2D eigenvalue weighted by molar-refractivity contribution is 5.93. The van der Waals surface area contributed by atoms with E-state index >= 15 is 0 Å². The standard InChI is InChI=1S/C16H19N3O5/c1-11-9-14(24-17-11)16(21)19-7-5-18(6-8-19)15(20)13-4-3-12(23-13)10-22-2/h3-4,9H,5-8,10H2,1-2H3. The van der Waals surface area contributed by atoms with Crippen LogP contribution in [0, 0.1) is 6.92 Å². The van der Waals surface area contributed by atoms with Gasteiger partial charge in [0.2, 0.25) is 5.76 Å². The van der Waals surface area contributed by atoms with Gasteiger partial charge in [0.15, 0.2) is 5.76 Å². The molecule has 1 aliphatic heterocycles. The van der Waals surface area contributed by atoms with Gasteiger partial charge in [0, 0.05) is 39.4 Å². The van der Waals surface area contributed by atoms with E-state index < -0.39 is 0 Å². The molecule has 3 rings (SSSR count). The van der Waals surface area contributed by atoms with Crippen molar-refractivity contribution >= 4 is 11.8 Å². The van der Waals surface area contributed by atoms with Gasteiger partial charge in [-0.25, -0.2) is 0 Å². The third-order valence-corrected chi connectivity index (χ3v) is 3.85.